The molecule has 1 saturated carbocycles. The van der Waals surface area contributed by atoms with Gasteiger partial charge in [0.05, 0.1) is 4.92 Å². The molecule has 1 aliphatic rings. The van der Waals surface area contributed by atoms with E-state index in [9.17, 15) is 10.1 Å². The molecule has 156 valence electrons. The fourth-order valence-electron chi connectivity index (χ4n) is 3.86. The number of aromatic nitrogens is 2. The van der Waals surface area contributed by atoms with E-state index in [0.29, 0.717) is 48.0 Å². The van der Waals surface area contributed by atoms with Gasteiger partial charge in [0.15, 0.2) is 0 Å². The summed E-state index contributed by atoms with van der Waals surface area (Å²) in [4.78, 5) is 19.6. The minimum Gasteiger partial charge on any atom is -0.378 e. The van der Waals surface area contributed by atoms with Crippen LogP contribution >= 0.6 is 11.6 Å². The number of benzene rings is 1. The molecule has 3 rings (SSSR count). The van der Waals surface area contributed by atoms with E-state index in [1.54, 1.807) is 0 Å². The van der Waals surface area contributed by atoms with Crippen molar-refractivity contribution in [3.8, 4) is 0 Å². The third-order valence-corrected chi connectivity index (χ3v) is 5.81. The number of nitrogen functional groups attached to an aromatic ring is 1. The number of hydrogen-bond donors (Lipinski definition) is 3. The Kier molecular flexibility index (Phi) is 7.22. The second-order valence-corrected chi connectivity index (χ2v) is 8.05. The van der Waals surface area contributed by atoms with E-state index in [4.69, 9.17) is 23.1 Å². The van der Waals surface area contributed by atoms with Crippen LogP contribution in [0.25, 0.3) is 0 Å². The molecule has 1 aromatic carbocycles. The molecule has 1 heterocycles. The molecule has 5 N–H and O–H groups in total. The maximum atomic E-state index is 11.5. The molecular weight excluding hydrogens is 392 g/mol. The third-order valence-electron chi connectivity index (χ3n) is 5.56. The number of nitro groups is 1. The average Bonchev–Trinajstić information content (AvgIpc) is 2.69. The van der Waals surface area contributed by atoms with Gasteiger partial charge in [-0.25, -0.2) is 4.98 Å². The van der Waals surface area contributed by atoms with Crippen molar-refractivity contribution in [3.63, 3.8) is 0 Å². The van der Waals surface area contributed by atoms with Gasteiger partial charge in [0.1, 0.15) is 5.69 Å². The molecule has 8 nitrogen and oxygen atoms in total. The Labute approximate surface area is 175 Å². The molecule has 1 aliphatic carbocycles. The highest BCUT2D eigenvalue weighted by Crippen LogP contribution is 2.33. The first-order valence-electron chi connectivity index (χ1n) is 9.95. The first kappa shape index (κ1) is 21.3. The molecule has 0 atom stereocenters. The fourth-order valence-corrected chi connectivity index (χ4v) is 3.98. The molecule has 2 aromatic rings. The van der Waals surface area contributed by atoms with Crippen LogP contribution < -0.4 is 16.8 Å². The molecule has 0 aliphatic heterocycles. The van der Waals surface area contributed by atoms with Gasteiger partial charge in [0.2, 0.25) is 11.8 Å². The van der Waals surface area contributed by atoms with E-state index < -0.39 is 4.92 Å². The monoisotopic (exact) mass is 418 g/mol. The Morgan fingerprint density at radius 1 is 1.14 bits per heavy atom. The van der Waals surface area contributed by atoms with Crippen molar-refractivity contribution in [1.29, 1.82) is 0 Å². The van der Waals surface area contributed by atoms with Crippen LogP contribution in [0.15, 0.2) is 24.3 Å². The highest BCUT2D eigenvalue weighted by Gasteiger charge is 2.27. The Balaban J connectivity index is 1.68. The van der Waals surface area contributed by atoms with E-state index in [-0.39, 0.29) is 11.5 Å². The first-order valence-corrected chi connectivity index (χ1v) is 10.3. The number of nitrogens with zero attached hydrogens (tertiary/aromatic N) is 3. The topological polar surface area (TPSA) is 133 Å². The van der Waals surface area contributed by atoms with Crippen LogP contribution in [0.3, 0.4) is 0 Å². The summed E-state index contributed by atoms with van der Waals surface area (Å²) in [6.45, 7) is 1.29. The molecule has 0 radical (unpaired) electrons. The zero-order valence-corrected chi connectivity index (χ0v) is 17.1. The predicted octanol–water partition coefficient (Wildman–Crippen LogP) is 3.58. The van der Waals surface area contributed by atoms with Crippen LogP contribution in [0, 0.1) is 22.0 Å². The standard InChI is InChI=1S/C20H27ClN6O2/c21-16-7-5-13(6-8-16)9-10-24-20-25-17(18(27(28)29)19(23)26-20)11-14-1-3-15(12-22)4-2-14/h5-8,14-15H,1-4,9-12,22H2,(H3,23,24,25,26). The molecule has 1 fully saturated rings. The Bertz CT molecular complexity index is 838. The quantitative estimate of drug-likeness (QED) is 0.440. The minimum absolute atomic E-state index is 0.0929. The van der Waals surface area contributed by atoms with Crippen molar-refractivity contribution in [3.05, 3.63) is 50.7 Å². The largest absolute Gasteiger partial charge is 0.378 e. The SMILES string of the molecule is NCC1CCC(Cc2nc(NCCc3ccc(Cl)cc3)nc(N)c2[N+](=O)[O-])CC1. The molecule has 1 aromatic heterocycles. The van der Waals surface area contributed by atoms with E-state index in [0.717, 1.165) is 37.7 Å². The summed E-state index contributed by atoms with van der Waals surface area (Å²) in [5, 5.41) is 15.3. The first-order chi connectivity index (χ1) is 14.0. The number of hydrogen-bond acceptors (Lipinski definition) is 7. The van der Waals surface area contributed by atoms with Crippen molar-refractivity contribution >= 4 is 29.1 Å². The molecule has 0 bridgehead atoms. The number of anilines is 2. The highest BCUT2D eigenvalue weighted by atomic mass is 35.5. The Morgan fingerprint density at radius 2 is 1.79 bits per heavy atom. The maximum Gasteiger partial charge on any atom is 0.332 e. The molecular formula is C20H27ClN6O2. The number of halogens is 1. The van der Waals surface area contributed by atoms with Gasteiger partial charge < -0.3 is 16.8 Å². The zero-order chi connectivity index (χ0) is 20.8. The number of nitrogens with two attached hydrogens (primary N) is 2. The van der Waals surface area contributed by atoms with Crippen molar-refractivity contribution in [2.75, 3.05) is 24.1 Å². The zero-order valence-electron chi connectivity index (χ0n) is 16.3. The predicted molar refractivity (Wildman–Crippen MR) is 115 cm³/mol. The second kappa shape index (κ2) is 9.84. The van der Waals surface area contributed by atoms with Crippen molar-refractivity contribution in [1.82, 2.24) is 9.97 Å². The number of nitrogens with one attached hydrogen (secondary N) is 1. The van der Waals surface area contributed by atoms with Gasteiger partial charge in [-0.05, 0) is 74.6 Å². The van der Waals surface area contributed by atoms with Crippen LogP contribution in [0.1, 0.15) is 36.9 Å². The summed E-state index contributed by atoms with van der Waals surface area (Å²) < 4.78 is 0. The fraction of sp³-hybridized carbons (Fsp3) is 0.500. The smallest absolute Gasteiger partial charge is 0.332 e. The van der Waals surface area contributed by atoms with Crippen molar-refractivity contribution < 1.29 is 4.92 Å². The van der Waals surface area contributed by atoms with Gasteiger partial charge in [-0.3, -0.25) is 10.1 Å². The molecule has 29 heavy (non-hydrogen) atoms. The molecule has 9 heteroatoms. The van der Waals surface area contributed by atoms with E-state index in [1.165, 1.54) is 0 Å². The van der Waals surface area contributed by atoms with Crippen molar-refractivity contribution in [2.45, 2.75) is 38.5 Å². The summed E-state index contributed by atoms with van der Waals surface area (Å²) in [6, 6.07) is 7.60. The van der Waals surface area contributed by atoms with Gasteiger partial charge >= 0.3 is 5.69 Å². The van der Waals surface area contributed by atoms with Crippen LogP contribution in [0.2, 0.25) is 5.02 Å². The third kappa shape index (κ3) is 5.77. The van der Waals surface area contributed by atoms with Gasteiger partial charge in [0, 0.05) is 11.6 Å². The van der Waals surface area contributed by atoms with Crippen LogP contribution in [-0.2, 0) is 12.8 Å². The minimum atomic E-state index is -0.479. The lowest BCUT2D eigenvalue weighted by molar-refractivity contribution is -0.385. The summed E-state index contributed by atoms with van der Waals surface area (Å²) in [6.07, 6.45) is 5.40. The van der Waals surface area contributed by atoms with Gasteiger partial charge in [-0.1, -0.05) is 23.7 Å². The van der Waals surface area contributed by atoms with Gasteiger partial charge in [-0.15, -0.1) is 0 Å². The highest BCUT2D eigenvalue weighted by molar-refractivity contribution is 6.30. The normalized spacial score (nSPS) is 19.1. The Morgan fingerprint density at radius 3 is 2.41 bits per heavy atom. The maximum absolute atomic E-state index is 11.5. The number of rotatable bonds is 8. The van der Waals surface area contributed by atoms with Crippen LogP contribution in [0.5, 0.6) is 0 Å². The summed E-state index contributed by atoms with van der Waals surface area (Å²) in [7, 11) is 0. The van der Waals surface area contributed by atoms with Gasteiger partial charge in [0.25, 0.3) is 0 Å². The lowest BCUT2D eigenvalue weighted by Crippen LogP contribution is -2.23. The van der Waals surface area contributed by atoms with Gasteiger partial charge in [-0.2, -0.15) is 4.98 Å². The molecule has 0 saturated heterocycles. The molecule has 0 spiro atoms. The van der Waals surface area contributed by atoms with Crippen LogP contribution in [-0.4, -0.2) is 28.0 Å². The molecule has 0 unspecified atom stereocenters. The average molecular weight is 419 g/mol. The van der Waals surface area contributed by atoms with Crippen LogP contribution in [0.4, 0.5) is 17.5 Å². The summed E-state index contributed by atoms with van der Waals surface area (Å²) in [5.41, 5.74) is 13.0. The van der Waals surface area contributed by atoms with E-state index in [1.807, 2.05) is 24.3 Å². The summed E-state index contributed by atoms with van der Waals surface area (Å²) >= 11 is 5.90. The lowest BCUT2D eigenvalue weighted by Gasteiger charge is -2.27. The Hall–Kier alpha value is -2.45. The van der Waals surface area contributed by atoms with E-state index in [2.05, 4.69) is 15.3 Å². The van der Waals surface area contributed by atoms with E-state index >= 15 is 0 Å². The molecule has 0 amide bonds. The summed E-state index contributed by atoms with van der Waals surface area (Å²) in [5.74, 6) is 1.15. The lowest BCUT2D eigenvalue weighted by atomic mass is 9.80. The second-order valence-electron chi connectivity index (χ2n) is 7.61. The van der Waals surface area contributed by atoms with Crippen molar-refractivity contribution in [2.24, 2.45) is 17.6 Å².